The predicted octanol–water partition coefficient (Wildman–Crippen LogP) is 5.51. The second-order valence-corrected chi connectivity index (χ2v) is 12.2. The Hall–Kier alpha value is -3.71. The van der Waals surface area contributed by atoms with Gasteiger partial charge in [-0.15, -0.1) is 0 Å². The van der Waals surface area contributed by atoms with Crippen molar-refractivity contribution in [3.05, 3.63) is 96.1 Å². The zero-order valence-corrected chi connectivity index (χ0v) is 26.1. The molecule has 0 saturated heterocycles. The smallest absolute Gasteiger partial charge is 0.246 e. The van der Waals surface area contributed by atoms with E-state index < -0.39 is 6.04 Å². The molecular weight excluding hydrogens is 540 g/mol. The highest BCUT2D eigenvalue weighted by Gasteiger charge is 2.32. The van der Waals surface area contributed by atoms with Gasteiger partial charge in [0.25, 0.3) is 0 Å². The molecule has 0 heterocycles. The quantitative estimate of drug-likeness (QED) is 0.205. The fourth-order valence-corrected chi connectivity index (χ4v) is 5.26. The van der Waals surface area contributed by atoms with Gasteiger partial charge in [0.2, 0.25) is 11.8 Å². The van der Waals surface area contributed by atoms with E-state index in [0.717, 1.165) is 41.2 Å². The Morgan fingerprint density at radius 3 is 2.29 bits per heavy atom. The number of likely N-dealkylation sites (N-methyl/N-ethyl adjacent to an activating group) is 2. The van der Waals surface area contributed by atoms with Gasteiger partial charge in [-0.2, -0.15) is 0 Å². The van der Waals surface area contributed by atoms with Crippen molar-refractivity contribution in [3.63, 3.8) is 0 Å². The molecule has 0 aliphatic heterocycles. The van der Waals surface area contributed by atoms with E-state index in [-0.39, 0.29) is 17.9 Å². The number of carbonyl (C=O) groups excluding carboxylic acids is 2. The summed E-state index contributed by atoms with van der Waals surface area (Å²) in [5.74, 6) is 0.183. The van der Waals surface area contributed by atoms with E-state index in [9.17, 15) is 9.59 Å². The standard InChI is InChI=1S/C35H44N4O2S/c1-25(2)11-10-16-33(40)39(4)32(23-27-17-18-28-14-8-9-15-29(28)21-27)34(41)38(3)31(22-26-12-6-5-7-13-26)24-36-35(42)37-30-19-20-30/h5-10,12-18,21,25,30-32H,11,19-20,22-24H2,1-4H3,(H2,36,37,42)/t31-,32-/m1/s1. The van der Waals surface area contributed by atoms with Gasteiger partial charge in [0.1, 0.15) is 6.04 Å². The lowest BCUT2D eigenvalue weighted by atomic mass is 9.98. The Morgan fingerprint density at radius 1 is 0.905 bits per heavy atom. The first-order chi connectivity index (χ1) is 20.2. The Labute approximate surface area is 256 Å². The van der Waals surface area contributed by atoms with Gasteiger partial charge in [0.15, 0.2) is 5.11 Å². The zero-order chi connectivity index (χ0) is 30.1. The molecule has 7 heteroatoms. The van der Waals surface area contributed by atoms with Gasteiger partial charge in [-0.3, -0.25) is 9.59 Å². The number of allylic oxidation sites excluding steroid dienone is 1. The number of carbonyl (C=O) groups is 2. The van der Waals surface area contributed by atoms with Crippen molar-refractivity contribution >= 4 is 39.9 Å². The molecule has 1 aliphatic rings. The first kappa shape index (κ1) is 31.2. The van der Waals surface area contributed by atoms with Crippen LogP contribution in [-0.4, -0.2) is 65.5 Å². The predicted molar refractivity (Wildman–Crippen MR) is 176 cm³/mol. The summed E-state index contributed by atoms with van der Waals surface area (Å²) in [7, 11) is 3.58. The second kappa shape index (κ2) is 15.0. The van der Waals surface area contributed by atoms with Crippen LogP contribution in [0.3, 0.4) is 0 Å². The van der Waals surface area contributed by atoms with Crippen LogP contribution in [0.2, 0.25) is 0 Å². The minimum absolute atomic E-state index is 0.0972. The molecule has 2 N–H and O–H groups in total. The van der Waals surface area contributed by atoms with Gasteiger partial charge >= 0.3 is 0 Å². The zero-order valence-electron chi connectivity index (χ0n) is 25.3. The molecule has 222 valence electrons. The van der Waals surface area contributed by atoms with Gasteiger partial charge in [-0.25, -0.2) is 0 Å². The lowest BCUT2D eigenvalue weighted by Crippen LogP contribution is -2.55. The monoisotopic (exact) mass is 584 g/mol. The minimum atomic E-state index is -0.665. The van der Waals surface area contributed by atoms with Gasteiger partial charge in [0, 0.05) is 33.1 Å². The molecule has 1 fully saturated rings. The first-order valence-electron chi connectivity index (χ1n) is 15.0. The summed E-state index contributed by atoms with van der Waals surface area (Å²) in [6.45, 7) is 4.74. The molecule has 2 amide bonds. The normalized spacial score (nSPS) is 14.5. The maximum atomic E-state index is 14.3. The molecule has 1 aliphatic carbocycles. The van der Waals surface area contributed by atoms with E-state index >= 15 is 0 Å². The highest BCUT2D eigenvalue weighted by molar-refractivity contribution is 7.80. The lowest BCUT2D eigenvalue weighted by Gasteiger charge is -2.35. The van der Waals surface area contributed by atoms with E-state index in [1.165, 1.54) is 0 Å². The highest BCUT2D eigenvalue weighted by atomic mass is 32.1. The highest BCUT2D eigenvalue weighted by Crippen LogP contribution is 2.21. The van der Waals surface area contributed by atoms with Crippen LogP contribution in [0.4, 0.5) is 0 Å². The van der Waals surface area contributed by atoms with Gasteiger partial charge < -0.3 is 20.4 Å². The average Bonchev–Trinajstić information content (AvgIpc) is 3.81. The van der Waals surface area contributed by atoms with Crippen molar-refractivity contribution in [3.8, 4) is 0 Å². The number of rotatable bonds is 13. The van der Waals surface area contributed by atoms with E-state index in [1.807, 2.05) is 43.5 Å². The van der Waals surface area contributed by atoms with Crippen molar-refractivity contribution in [2.24, 2.45) is 5.92 Å². The summed E-state index contributed by atoms with van der Waals surface area (Å²) in [6, 6.07) is 24.2. The number of thiocarbonyl (C=S) groups is 1. The summed E-state index contributed by atoms with van der Waals surface area (Å²) >= 11 is 5.53. The topological polar surface area (TPSA) is 64.7 Å². The molecule has 2 atom stereocenters. The molecule has 0 radical (unpaired) electrons. The lowest BCUT2D eigenvalue weighted by molar-refractivity contribution is -0.142. The Balaban J connectivity index is 1.58. The van der Waals surface area contributed by atoms with Crippen molar-refractivity contribution in [2.45, 2.75) is 64.1 Å². The third-order valence-corrected chi connectivity index (χ3v) is 8.09. The fraction of sp³-hybridized carbons (Fsp3) is 0.400. The Kier molecular flexibility index (Phi) is 11.1. The molecule has 3 aromatic carbocycles. The minimum Gasteiger partial charge on any atom is -0.361 e. The van der Waals surface area contributed by atoms with Crippen LogP contribution in [0, 0.1) is 5.92 Å². The molecule has 0 aromatic heterocycles. The molecule has 3 aromatic rings. The van der Waals surface area contributed by atoms with E-state index in [4.69, 9.17) is 12.2 Å². The third-order valence-electron chi connectivity index (χ3n) is 7.83. The maximum absolute atomic E-state index is 14.3. The van der Waals surface area contributed by atoms with Crippen LogP contribution in [-0.2, 0) is 22.4 Å². The molecule has 6 nitrogen and oxygen atoms in total. The second-order valence-electron chi connectivity index (χ2n) is 11.8. The fourth-order valence-electron chi connectivity index (χ4n) is 5.01. The molecular formula is C35H44N4O2S. The maximum Gasteiger partial charge on any atom is 0.246 e. The average molecular weight is 585 g/mol. The largest absolute Gasteiger partial charge is 0.361 e. The summed E-state index contributed by atoms with van der Waals surface area (Å²) in [5, 5.41) is 9.55. The molecule has 4 rings (SSSR count). The van der Waals surface area contributed by atoms with Crippen LogP contribution < -0.4 is 10.6 Å². The molecule has 0 bridgehead atoms. The third kappa shape index (κ3) is 9.15. The van der Waals surface area contributed by atoms with Crippen molar-refractivity contribution in [1.29, 1.82) is 0 Å². The van der Waals surface area contributed by atoms with Gasteiger partial charge in [-0.1, -0.05) is 92.7 Å². The summed E-state index contributed by atoms with van der Waals surface area (Å²) in [6.07, 6.45) is 7.67. The molecule has 0 spiro atoms. The first-order valence-corrected chi connectivity index (χ1v) is 15.4. The van der Waals surface area contributed by atoms with Crippen LogP contribution in [0.25, 0.3) is 10.8 Å². The molecule has 1 saturated carbocycles. The number of benzene rings is 3. The number of nitrogens with one attached hydrogen (secondary N) is 2. The SMILES string of the molecule is CC(C)CC=CC(=O)N(C)[C@H](Cc1ccc2ccccc2c1)C(=O)N(C)[C@@H](CNC(=S)NC1CC1)Cc1ccccc1. The molecule has 0 unspecified atom stereocenters. The van der Waals surface area contributed by atoms with Crippen LogP contribution >= 0.6 is 12.2 Å². The van der Waals surface area contributed by atoms with E-state index in [1.54, 1.807) is 22.9 Å². The number of nitrogens with zero attached hydrogens (tertiary/aromatic N) is 2. The van der Waals surface area contributed by atoms with Gasteiger partial charge in [-0.05, 0) is 71.8 Å². The van der Waals surface area contributed by atoms with Crippen LogP contribution in [0.1, 0.15) is 44.2 Å². The van der Waals surface area contributed by atoms with Crippen molar-refractivity contribution in [1.82, 2.24) is 20.4 Å². The summed E-state index contributed by atoms with van der Waals surface area (Å²) in [4.78, 5) is 31.0. The summed E-state index contributed by atoms with van der Waals surface area (Å²) < 4.78 is 0. The number of hydrogen-bond acceptors (Lipinski definition) is 3. The van der Waals surface area contributed by atoms with E-state index in [0.29, 0.717) is 36.5 Å². The number of fused-ring (bicyclic) bond motifs is 1. The van der Waals surface area contributed by atoms with Crippen molar-refractivity contribution < 1.29 is 9.59 Å². The van der Waals surface area contributed by atoms with Crippen LogP contribution in [0.5, 0.6) is 0 Å². The van der Waals surface area contributed by atoms with Crippen molar-refractivity contribution in [2.75, 3.05) is 20.6 Å². The van der Waals surface area contributed by atoms with Gasteiger partial charge in [0.05, 0.1) is 6.04 Å². The van der Waals surface area contributed by atoms with Crippen LogP contribution in [0.15, 0.2) is 84.9 Å². The number of hydrogen-bond donors (Lipinski definition) is 2. The number of amides is 2. The Morgan fingerprint density at radius 2 is 1.60 bits per heavy atom. The Bertz CT molecular complexity index is 1390. The van der Waals surface area contributed by atoms with E-state index in [2.05, 4.69) is 66.9 Å². The summed E-state index contributed by atoms with van der Waals surface area (Å²) in [5.41, 5.74) is 2.15. The molecule has 42 heavy (non-hydrogen) atoms.